The maximum Gasteiger partial charge on any atom is 0.408 e. The van der Waals surface area contributed by atoms with E-state index < -0.39 is 5.60 Å². The van der Waals surface area contributed by atoms with E-state index in [1.54, 1.807) is 0 Å². The smallest absolute Gasteiger partial charge is 0.408 e. The Balaban J connectivity index is 3.41. The molecule has 0 saturated heterocycles. The van der Waals surface area contributed by atoms with Crippen molar-refractivity contribution < 1.29 is 9.53 Å². The minimum Gasteiger partial charge on any atom is -0.444 e. The molecule has 0 spiro atoms. The van der Waals surface area contributed by atoms with Gasteiger partial charge in [0.15, 0.2) is 0 Å². The van der Waals surface area contributed by atoms with E-state index in [-0.39, 0.29) is 6.09 Å². The summed E-state index contributed by atoms with van der Waals surface area (Å²) in [5.41, 5.74) is -0.422. The lowest BCUT2D eigenvalue weighted by molar-refractivity contribution is 0.0524. The third-order valence-corrected chi connectivity index (χ3v) is 1.18. The third kappa shape index (κ3) is 9.14. The molecule has 0 heterocycles. The number of hydrogen-bond acceptors (Lipinski definition) is 3. The standard InChI is InChI=1S/C9H20N2O2/c1-5-6-10-7-11-8(12)13-9(2,3)4/h10H,5-7H2,1-4H3,(H,11,12). The summed E-state index contributed by atoms with van der Waals surface area (Å²) in [7, 11) is 0. The number of alkyl carbamates (subject to hydrolysis) is 1. The normalized spacial score (nSPS) is 11.1. The van der Waals surface area contributed by atoms with Crippen molar-refractivity contribution in [1.82, 2.24) is 10.6 Å². The lowest BCUT2D eigenvalue weighted by Gasteiger charge is -2.19. The largest absolute Gasteiger partial charge is 0.444 e. The number of carbonyl (C=O) groups is 1. The van der Waals surface area contributed by atoms with Crippen molar-refractivity contribution in [3.63, 3.8) is 0 Å². The van der Waals surface area contributed by atoms with Gasteiger partial charge in [-0.05, 0) is 33.7 Å². The molecule has 1 amide bonds. The Bertz CT molecular complexity index is 152. The molecule has 0 aliphatic rings. The Hall–Kier alpha value is -0.770. The van der Waals surface area contributed by atoms with Gasteiger partial charge in [-0.1, -0.05) is 6.92 Å². The number of amides is 1. The molecule has 0 atom stereocenters. The number of rotatable bonds is 4. The van der Waals surface area contributed by atoms with Crippen LogP contribution in [0.2, 0.25) is 0 Å². The molecule has 0 aromatic carbocycles. The predicted octanol–water partition coefficient (Wildman–Crippen LogP) is 1.47. The molecule has 0 aromatic rings. The van der Waals surface area contributed by atoms with Gasteiger partial charge in [0.2, 0.25) is 0 Å². The molecule has 0 saturated carbocycles. The Morgan fingerprint density at radius 1 is 1.38 bits per heavy atom. The first-order valence-corrected chi connectivity index (χ1v) is 4.63. The van der Waals surface area contributed by atoms with Crippen LogP contribution in [0.5, 0.6) is 0 Å². The van der Waals surface area contributed by atoms with Crippen molar-refractivity contribution >= 4 is 6.09 Å². The monoisotopic (exact) mass is 188 g/mol. The molecule has 0 fully saturated rings. The fourth-order valence-corrected chi connectivity index (χ4v) is 0.714. The van der Waals surface area contributed by atoms with Crippen molar-refractivity contribution in [3.05, 3.63) is 0 Å². The van der Waals surface area contributed by atoms with Crippen LogP contribution in [0, 0.1) is 0 Å². The Kier molecular flexibility index (Phi) is 5.46. The van der Waals surface area contributed by atoms with Gasteiger partial charge in [-0.2, -0.15) is 0 Å². The first-order chi connectivity index (χ1) is 5.95. The van der Waals surface area contributed by atoms with E-state index in [4.69, 9.17) is 4.74 Å². The second-order valence-corrected chi connectivity index (χ2v) is 3.86. The quantitative estimate of drug-likeness (QED) is 0.519. The predicted molar refractivity (Wildman–Crippen MR) is 52.5 cm³/mol. The van der Waals surface area contributed by atoms with Crippen LogP contribution in [-0.2, 0) is 4.74 Å². The van der Waals surface area contributed by atoms with Crippen molar-refractivity contribution in [2.24, 2.45) is 0 Å². The SMILES string of the molecule is CCCNCNC(=O)OC(C)(C)C. The highest BCUT2D eigenvalue weighted by molar-refractivity contribution is 5.67. The summed E-state index contributed by atoms with van der Waals surface area (Å²) in [4.78, 5) is 11.0. The highest BCUT2D eigenvalue weighted by atomic mass is 16.6. The topological polar surface area (TPSA) is 50.4 Å². The van der Waals surface area contributed by atoms with Crippen LogP contribution < -0.4 is 10.6 Å². The van der Waals surface area contributed by atoms with Gasteiger partial charge in [-0.15, -0.1) is 0 Å². The van der Waals surface area contributed by atoms with Crippen molar-refractivity contribution in [2.75, 3.05) is 13.2 Å². The molecule has 0 aromatic heterocycles. The summed E-state index contributed by atoms with van der Waals surface area (Å²) in [5, 5.41) is 5.64. The van der Waals surface area contributed by atoms with Gasteiger partial charge < -0.3 is 10.1 Å². The Morgan fingerprint density at radius 3 is 2.46 bits per heavy atom. The summed E-state index contributed by atoms with van der Waals surface area (Å²) in [6, 6.07) is 0. The molecule has 0 aliphatic carbocycles. The summed E-state index contributed by atoms with van der Waals surface area (Å²) in [6.45, 7) is 8.95. The van der Waals surface area contributed by atoms with E-state index in [1.165, 1.54) is 0 Å². The Morgan fingerprint density at radius 2 is 2.00 bits per heavy atom. The van der Waals surface area contributed by atoms with Crippen molar-refractivity contribution in [3.8, 4) is 0 Å². The van der Waals surface area contributed by atoms with E-state index in [0.29, 0.717) is 6.67 Å². The van der Waals surface area contributed by atoms with Crippen molar-refractivity contribution in [1.29, 1.82) is 0 Å². The molecule has 2 N–H and O–H groups in total. The molecular formula is C9H20N2O2. The summed E-state index contributed by atoms with van der Waals surface area (Å²) in [6.07, 6.45) is 0.673. The summed E-state index contributed by atoms with van der Waals surface area (Å²) in [5.74, 6) is 0. The van der Waals surface area contributed by atoms with Crippen LogP contribution in [0.1, 0.15) is 34.1 Å². The fraction of sp³-hybridized carbons (Fsp3) is 0.889. The third-order valence-electron chi connectivity index (χ3n) is 1.18. The van der Waals surface area contributed by atoms with Gasteiger partial charge in [-0.3, -0.25) is 5.32 Å². The molecule has 13 heavy (non-hydrogen) atoms. The van der Waals surface area contributed by atoms with Crippen LogP contribution >= 0.6 is 0 Å². The van der Waals surface area contributed by atoms with Crippen molar-refractivity contribution in [2.45, 2.75) is 39.7 Å². The molecule has 0 aliphatic heterocycles. The Labute approximate surface area is 80.0 Å². The average molecular weight is 188 g/mol. The number of carbonyl (C=O) groups excluding carboxylic acids is 1. The van der Waals surface area contributed by atoms with Gasteiger partial charge in [0.1, 0.15) is 5.60 Å². The second kappa shape index (κ2) is 5.80. The summed E-state index contributed by atoms with van der Waals surface area (Å²) >= 11 is 0. The highest BCUT2D eigenvalue weighted by Crippen LogP contribution is 2.05. The van der Waals surface area contributed by atoms with Gasteiger partial charge in [0.05, 0.1) is 6.67 Å². The molecule has 0 rings (SSSR count). The molecule has 0 unspecified atom stereocenters. The van der Waals surface area contributed by atoms with E-state index in [9.17, 15) is 4.79 Å². The van der Waals surface area contributed by atoms with Crippen LogP contribution in [-0.4, -0.2) is 24.9 Å². The molecule has 78 valence electrons. The number of nitrogens with one attached hydrogen (secondary N) is 2. The zero-order chi connectivity index (χ0) is 10.3. The lowest BCUT2D eigenvalue weighted by atomic mass is 10.2. The van der Waals surface area contributed by atoms with Crippen LogP contribution in [0.25, 0.3) is 0 Å². The van der Waals surface area contributed by atoms with Gasteiger partial charge >= 0.3 is 6.09 Å². The van der Waals surface area contributed by atoms with E-state index in [2.05, 4.69) is 17.6 Å². The zero-order valence-corrected chi connectivity index (χ0v) is 8.94. The molecule has 0 bridgehead atoms. The first-order valence-electron chi connectivity index (χ1n) is 4.63. The van der Waals surface area contributed by atoms with E-state index >= 15 is 0 Å². The molecule has 0 radical (unpaired) electrons. The van der Waals surface area contributed by atoms with Crippen LogP contribution in [0.4, 0.5) is 4.79 Å². The van der Waals surface area contributed by atoms with Crippen LogP contribution in [0.15, 0.2) is 0 Å². The van der Waals surface area contributed by atoms with Gasteiger partial charge in [0, 0.05) is 0 Å². The van der Waals surface area contributed by atoms with Crippen LogP contribution in [0.3, 0.4) is 0 Å². The fourth-order valence-electron chi connectivity index (χ4n) is 0.714. The van der Waals surface area contributed by atoms with Gasteiger partial charge in [0.25, 0.3) is 0 Å². The summed E-state index contributed by atoms with van der Waals surface area (Å²) < 4.78 is 5.03. The minimum absolute atomic E-state index is 0.379. The maximum atomic E-state index is 11.0. The lowest BCUT2D eigenvalue weighted by Crippen LogP contribution is -2.38. The maximum absolute atomic E-state index is 11.0. The highest BCUT2D eigenvalue weighted by Gasteiger charge is 2.14. The molecule has 4 heteroatoms. The number of hydrogen-bond donors (Lipinski definition) is 2. The second-order valence-electron chi connectivity index (χ2n) is 3.86. The number of ether oxygens (including phenoxy) is 1. The first kappa shape index (κ1) is 12.2. The molecule has 4 nitrogen and oxygen atoms in total. The van der Waals surface area contributed by atoms with Gasteiger partial charge in [-0.25, -0.2) is 4.79 Å². The average Bonchev–Trinajstić information content (AvgIpc) is 1.94. The molecular weight excluding hydrogens is 168 g/mol. The van der Waals surface area contributed by atoms with E-state index in [0.717, 1.165) is 13.0 Å². The zero-order valence-electron chi connectivity index (χ0n) is 8.94. The van der Waals surface area contributed by atoms with E-state index in [1.807, 2.05) is 20.8 Å². The minimum atomic E-state index is -0.422.